The third-order valence-corrected chi connectivity index (χ3v) is 5.43. The Hall–Kier alpha value is -1.59. The maximum atomic E-state index is 12.5. The van der Waals surface area contributed by atoms with Crippen LogP contribution >= 0.6 is 0 Å². The van der Waals surface area contributed by atoms with Crippen molar-refractivity contribution in [2.24, 2.45) is 11.8 Å². The Bertz CT molecular complexity index is 556. The molecule has 1 aromatic carbocycles. The molecule has 0 spiro atoms. The molecular weight excluding hydrogens is 318 g/mol. The molecule has 2 atom stereocenters. The smallest absolute Gasteiger partial charge is 0.220 e. The summed E-state index contributed by atoms with van der Waals surface area (Å²) in [4.78, 5) is 12.5. The number of hydrogen-bond donors (Lipinski definition) is 1. The minimum Gasteiger partial charge on any atom is -0.496 e. The van der Waals surface area contributed by atoms with Crippen LogP contribution in [0.1, 0.15) is 31.2 Å². The number of methoxy groups -OCH3 is 1. The van der Waals surface area contributed by atoms with Gasteiger partial charge < -0.3 is 19.5 Å². The lowest BCUT2D eigenvalue weighted by molar-refractivity contribution is -0.123. The van der Waals surface area contributed by atoms with Crippen LogP contribution in [0.15, 0.2) is 24.3 Å². The van der Waals surface area contributed by atoms with Gasteiger partial charge in [-0.3, -0.25) is 4.79 Å². The van der Waals surface area contributed by atoms with E-state index in [1.54, 1.807) is 7.11 Å². The summed E-state index contributed by atoms with van der Waals surface area (Å²) in [5, 5.41) is 3.27. The lowest BCUT2D eigenvalue weighted by Crippen LogP contribution is -2.49. The molecule has 0 aliphatic carbocycles. The molecular formula is C20H29NO4. The van der Waals surface area contributed by atoms with Crippen LogP contribution in [0, 0.1) is 11.8 Å². The van der Waals surface area contributed by atoms with Crippen LogP contribution in [0.5, 0.6) is 5.75 Å². The predicted octanol–water partition coefficient (Wildman–Crippen LogP) is 2.58. The lowest BCUT2D eigenvalue weighted by atomic mass is 9.79. The summed E-state index contributed by atoms with van der Waals surface area (Å²) in [6.45, 7) is 3.14. The summed E-state index contributed by atoms with van der Waals surface area (Å²) >= 11 is 0. The number of hydrogen-bond acceptors (Lipinski definition) is 4. The first-order valence-corrected chi connectivity index (χ1v) is 9.34. The van der Waals surface area contributed by atoms with Gasteiger partial charge >= 0.3 is 0 Å². The number of rotatable bonds is 6. The predicted molar refractivity (Wildman–Crippen MR) is 95.7 cm³/mol. The second kappa shape index (κ2) is 9.20. The van der Waals surface area contributed by atoms with Gasteiger partial charge in [0.1, 0.15) is 5.75 Å². The third kappa shape index (κ3) is 4.95. The molecule has 0 radical (unpaired) electrons. The number of ether oxygens (including phenoxy) is 3. The Morgan fingerprint density at radius 3 is 2.72 bits per heavy atom. The summed E-state index contributed by atoms with van der Waals surface area (Å²) in [7, 11) is 1.67. The van der Waals surface area contributed by atoms with E-state index in [0.717, 1.165) is 57.0 Å². The molecule has 25 heavy (non-hydrogen) atoms. The van der Waals surface area contributed by atoms with Crippen molar-refractivity contribution in [2.75, 3.05) is 33.5 Å². The summed E-state index contributed by atoms with van der Waals surface area (Å²) < 4.78 is 16.5. The number of aryl methyl sites for hydroxylation is 1. The second-order valence-electron chi connectivity index (χ2n) is 6.96. The van der Waals surface area contributed by atoms with Gasteiger partial charge in [-0.05, 0) is 43.2 Å². The van der Waals surface area contributed by atoms with Gasteiger partial charge in [-0.25, -0.2) is 0 Å². The Morgan fingerprint density at radius 1 is 1.16 bits per heavy atom. The number of para-hydroxylation sites is 1. The van der Waals surface area contributed by atoms with E-state index >= 15 is 0 Å². The van der Waals surface area contributed by atoms with Crippen molar-refractivity contribution in [3.63, 3.8) is 0 Å². The van der Waals surface area contributed by atoms with Gasteiger partial charge in [0, 0.05) is 38.2 Å². The number of amides is 1. The molecule has 2 aliphatic heterocycles. The fraction of sp³-hybridized carbons (Fsp3) is 0.650. The van der Waals surface area contributed by atoms with Crippen molar-refractivity contribution in [3.05, 3.63) is 29.8 Å². The molecule has 0 saturated carbocycles. The van der Waals surface area contributed by atoms with E-state index in [9.17, 15) is 4.79 Å². The minimum absolute atomic E-state index is 0.120. The fourth-order valence-corrected chi connectivity index (χ4v) is 3.98. The lowest BCUT2D eigenvalue weighted by Gasteiger charge is -2.39. The van der Waals surface area contributed by atoms with Crippen LogP contribution in [0.4, 0.5) is 0 Å². The molecule has 3 rings (SSSR count). The minimum atomic E-state index is 0.120. The van der Waals surface area contributed by atoms with E-state index in [2.05, 4.69) is 5.32 Å². The standard InChI is InChI=1S/C20H29NO4/c1-23-19-5-3-2-4-16(19)6-7-20(22)21-18-10-13-25-14-17(18)15-8-11-24-12-9-15/h2-5,15,17-18H,6-14H2,1H3,(H,21,22). The molecule has 1 aromatic rings. The van der Waals surface area contributed by atoms with Crippen molar-refractivity contribution in [3.8, 4) is 5.75 Å². The molecule has 2 saturated heterocycles. The molecule has 1 amide bonds. The molecule has 2 heterocycles. The van der Waals surface area contributed by atoms with Crippen LogP contribution in [0.3, 0.4) is 0 Å². The Kier molecular flexibility index (Phi) is 6.70. The average molecular weight is 347 g/mol. The highest BCUT2D eigenvalue weighted by Crippen LogP contribution is 2.30. The van der Waals surface area contributed by atoms with E-state index in [4.69, 9.17) is 14.2 Å². The van der Waals surface area contributed by atoms with Crippen molar-refractivity contribution in [2.45, 2.75) is 38.1 Å². The van der Waals surface area contributed by atoms with Crippen LogP contribution in [-0.4, -0.2) is 45.5 Å². The summed E-state index contributed by atoms with van der Waals surface area (Å²) in [6, 6.07) is 8.11. The molecule has 2 fully saturated rings. The maximum absolute atomic E-state index is 12.5. The monoisotopic (exact) mass is 347 g/mol. The van der Waals surface area contributed by atoms with E-state index < -0.39 is 0 Å². The highest BCUT2D eigenvalue weighted by molar-refractivity contribution is 5.76. The van der Waals surface area contributed by atoms with Crippen LogP contribution in [-0.2, 0) is 20.7 Å². The van der Waals surface area contributed by atoms with Gasteiger partial charge in [-0.2, -0.15) is 0 Å². The van der Waals surface area contributed by atoms with Crippen LogP contribution in [0.2, 0.25) is 0 Å². The van der Waals surface area contributed by atoms with Gasteiger partial charge in [0.25, 0.3) is 0 Å². The number of benzene rings is 1. The quantitative estimate of drug-likeness (QED) is 0.859. The first-order chi connectivity index (χ1) is 12.3. The topological polar surface area (TPSA) is 56.8 Å². The van der Waals surface area contributed by atoms with Gasteiger partial charge in [-0.1, -0.05) is 18.2 Å². The van der Waals surface area contributed by atoms with E-state index in [1.165, 1.54) is 0 Å². The van der Waals surface area contributed by atoms with Crippen molar-refractivity contribution in [1.82, 2.24) is 5.32 Å². The molecule has 0 aromatic heterocycles. The molecule has 1 N–H and O–H groups in total. The zero-order valence-electron chi connectivity index (χ0n) is 15.0. The normalized spacial score (nSPS) is 24.7. The van der Waals surface area contributed by atoms with Gasteiger partial charge in [0.2, 0.25) is 5.91 Å². The molecule has 2 unspecified atom stereocenters. The Balaban J connectivity index is 1.53. The molecule has 0 bridgehead atoms. The van der Waals surface area contributed by atoms with Crippen LogP contribution < -0.4 is 10.1 Å². The average Bonchev–Trinajstić information content (AvgIpc) is 2.67. The summed E-state index contributed by atoms with van der Waals surface area (Å²) in [5.74, 6) is 1.97. The Labute approximate surface area is 150 Å². The Morgan fingerprint density at radius 2 is 1.92 bits per heavy atom. The van der Waals surface area contributed by atoms with Crippen LogP contribution in [0.25, 0.3) is 0 Å². The first kappa shape index (κ1) is 18.2. The molecule has 5 heteroatoms. The zero-order valence-corrected chi connectivity index (χ0v) is 15.0. The third-order valence-electron chi connectivity index (χ3n) is 5.43. The van der Waals surface area contributed by atoms with Gasteiger partial charge in [-0.15, -0.1) is 0 Å². The highest BCUT2D eigenvalue weighted by Gasteiger charge is 2.34. The second-order valence-corrected chi connectivity index (χ2v) is 6.96. The van der Waals surface area contributed by atoms with Crippen molar-refractivity contribution < 1.29 is 19.0 Å². The largest absolute Gasteiger partial charge is 0.496 e. The van der Waals surface area contributed by atoms with E-state index in [1.807, 2.05) is 24.3 Å². The summed E-state index contributed by atoms with van der Waals surface area (Å²) in [6.07, 6.45) is 4.23. The molecule has 138 valence electrons. The van der Waals surface area contributed by atoms with Crippen molar-refractivity contribution >= 4 is 5.91 Å². The zero-order chi connectivity index (χ0) is 17.5. The molecule has 5 nitrogen and oxygen atoms in total. The van der Waals surface area contributed by atoms with Gasteiger partial charge in [0.15, 0.2) is 0 Å². The molecule has 2 aliphatic rings. The SMILES string of the molecule is COc1ccccc1CCC(=O)NC1CCOCC1C1CCOCC1. The number of nitrogens with one attached hydrogen (secondary N) is 1. The maximum Gasteiger partial charge on any atom is 0.220 e. The van der Waals surface area contributed by atoms with E-state index in [0.29, 0.717) is 24.7 Å². The number of carbonyl (C=O) groups is 1. The summed E-state index contributed by atoms with van der Waals surface area (Å²) in [5.41, 5.74) is 1.08. The van der Waals surface area contributed by atoms with E-state index in [-0.39, 0.29) is 11.9 Å². The fourth-order valence-electron chi connectivity index (χ4n) is 3.98. The number of carbonyl (C=O) groups excluding carboxylic acids is 1. The highest BCUT2D eigenvalue weighted by atomic mass is 16.5. The van der Waals surface area contributed by atoms with Gasteiger partial charge in [0.05, 0.1) is 13.7 Å². The van der Waals surface area contributed by atoms with Crippen molar-refractivity contribution in [1.29, 1.82) is 0 Å². The first-order valence-electron chi connectivity index (χ1n) is 9.34.